The third kappa shape index (κ3) is 1.97. The lowest BCUT2D eigenvalue weighted by atomic mass is 9.92. The molecule has 2 aromatic rings. The zero-order valence-corrected chi connectivity index (χ0v) is 14.1. The fourth-order valence-electron chi connectivity index (χ4n) is 3.65. The molecule has 0 saturated heterocycles. The van der Waals surface area contributed by atoms with Crippen LogP contribution in [0.4, 0.5) is 0 Å². The van der Waals surface area contributed by atoms with Crippen molar-refractivity contribution in [2.45, 2.75) is 52.5 Å². The maximum absolute atomic E-state index is 13.0. The minimum absolute atomic E-state index is 0.139. The number of fused-ring (bicyclic) bond motifs is 3. The van der Waals surface area contributed by atoms with Gasteiger partial charge in [-0.3, -0.25) is 9.36 Å². The van der Waals surface area contributed by atoms with Gasteiger partial charge >= 0.3 is 0 Å². The molecule has 1 fully saturated rings. The number of H-pyrrole nitrogens is 1. The van der Waals surface area contributed by atoms with E-state index in [-0.39, 0.29) is 11.0 Å². The second kappa shape index (κ2) is 4.53. The zero-order valence-electron chi connectivity index (χ0n) is 12.5. The van der Waals surface area contributed by atoms with Crippen molar-refractivity contribution in [3.63, 3.8) is 0 Å². The van der Waals surface area contributed by atoms with E-state index >= 15 is 0 Å². The van der Waals surface area contributed by atoms with Crippen LogP contribution in [0.3, 0.4) is 0 Å². The highest BCUT2D eigenvalue weighted by atomic mass is 32.1. The Morgan fingerprint density at radius 1 is 1.38 bits per heavy atom. The van der Waals surface area contributed by atoms with Gasteiger partial charge in [-0.05, 0) is 61.2 Å². The Bertz CT molecular complexity index is 836. The molecule has 1 N–H and O–H groups in total. The molecule has 5 heteroatoms. The third-order valence-electron chi connectivity index (χ3n) is 5.44. The van der Waals surface area contributed by atoms with Gasteiger partial charge in [-0.2, -0.15) is 0 Å². The van der Waals surface area contributed by atoms with E-state index in [4.69, 9.17) is 12.2 Å². The molecule has 0 radical (unpaired) electrons. The van der Waals surface area contributed by atoms with Crippen LogP contribution in [-0.2, 0) is 19.4 Å². The fourth-order valence-corrected chi connectivity index (χ4v) is 5.24. The maximum Gasteiger partial charge on any atom is 0.263 e. The van der Waals surface area contributed by atoms with Crippen LogP contribution in [0.1, 0.15) is 43.6 Å². The molecule has 2 aliphatic carbocycles. The van der Waals surface area contributed by atoms with E-state index < -0.39 is 0 Å². The second-order valence-electron chi connectivity index (χ2n) is 6.90. The zero-order chi connectivity index (χ0) is 14.8. The van der Waals surface area contributed by atoms with E-state index in [0.717, 1.165) is 29.6 Å². The number of rotatable bonds is 3. The smallest absolute Gasteiger partial charge is 0.263 e. The van der Waals surface area contributed by atoms with Crippen LogP contribution in [0.2, 0.25) is 0 Å². The number of aromatic amines is 1. The highest BCUT2D eigenvalue weighted by Gasteiger charge is 2.46. The van der Waals surface area contributed by atoms with Crippen LogP contribution in [0.15, 0.2) is 4.79 Å². The van der Waals surface area contributed by atoms with Crippen molar-refractivity contribution in [1.82, 2.24) is 9.55 Å². The predicted molar refractivity (Wildman–Crippen MR) is 89.8 cm³/mol. The highest BCUT2D eigenvalue weighted by Crippen LogP contribution is 2.53. The van der Waals surface area contributed by atoms with E-state index in [1.165, 1.54) is 29.7 Å². The first-order chi connectivity index (χ1) is 10.0. The van der Waals surface area contributed by atoms with E-state index in [0.29, 0.717) is 10.7 Å². The third-order valence-corrected chi connectivity index (χ3v) is 6.97. The minimum atomic E-state index is 0.139. The summed E-state index contributed by atoms with van der Waals surface area (Å²) in [6.07, 6.45) is 5.77. The molecule has 0 amide bonds. The molecular weight excluding hydrogens is 300 g/mol. The molecule has 0 aromatic carbocycles. The van der Waals surface area contributed by atoms with Crippen molar-refractivity contribution in [3.05, 3.63) is 25.6 Å². The first kappa shape index (κ1) is 13.7. The van der Waals surface area contributed by atoms with Crippen LogP contribution in [0.5, 0.6) is 0 Å². The lowest BCUT2D eigenvalue weighted by Crippen LogP contribution is -2.28. The summed E-state index contributed by atoms with van der Waals surface area (Å²) in [5.74, 6) is 0.600. The monoisotopic (exact) mass is 320 g/mol. The van der Waals surface area contributed by atoms with Crippen molar-refractivity contribution in [3.8, 4) is 0 Å². The summed E-state index contributed by atoms with van der Waals surface area (Å²) < 4.78 is 2.43. The standard InChI is InChI=1S/C16H20N2OS2/c1-9(2)16(6-7-16)8-18-14(19)12-10-4-3-5-11(10)21-13(12)17-15(18)20/h9H,3-8H2,1-2H3,(H,17,20). The Labute approximate surface area is 133 Å². The minimum Gasteiger partial charge on any atom is -0.323 e. The molecule has 0 atom stereocenters. The van der Waals surface area contributed by atoms with E-state index in [1.54, 1.807) is 11.3 Å². The molecule has 4 rings (SSSR count). The lowest BCUT2D eigenvalue weighted by molar-refractivity contribution is 0.303. The van der Waals surface area contributed by atoms with Crippen molar-refractivity contribution < 1.29 is 0 Å². The van der Waals surface area contributed by atoms with Crippen molar-refractivity contribution in [2.75, 3.05) is 0 Å². The van der Waals surface area contributed by atoms with Crippen LogP contribution in [0, 0.1) is 16.1 Å². The number of aryl methyl sites for hydroxylation is 2. The summed E-state index contributed by atoms with van der Waals surface area (Å²) in [4.78, 5) is 18.7. The summed E-state index contributed by atoms with van der Waals surface area (Å²) in [7, 11) is 0. The van der Waals surface area contributed by atoms with Crippen molar-refractivity contribution in [2.24, 2.45) is 11.3 Å². The topological polar surface area (TPSA) is 37.8 Å². The first-order valence-corrected chi connectivity index (χ1v) is 9.02. The van der Waals surface area contributed by atoms with Gasteiger partial charge in [-0.1, -0.05) is 13.8 Å². The van der Waals surface area contributed by atoms with Crippen molar-refractivity contribution in [1.29, 1.82) is 0 Å². The Hall–Kier alpha value is -0.940. The number of thiophene rings is 1. The first-order valence-electron chi connectivity index (χ1n) is 7.79. The van der Waals surface area contributed by atoms with Crippen LogP contribution in [-0.4, -0.2) is 9.55 Å². The van der Waals surface area contributed by atoms with Gasteiger partial charge in [0.2, 0.25) is 0 Å². The Morgan fingerprint density at radius 3 is 2.81 bits per heavy atom. The number of nitrogens with one attached hydrogen (secondary N) is 1. The quantitative estimate of drug-likeness (QED) is 0.867. The summed E-state index contributed by atoms with van der Waals surface area (Å²) in [6.45, 7) is 5.29. The van der Waals surface area contributed by atoms with Gasteiger partial charge in [0.1, 0.15) is 4.83 Å². The molecule has 112 valence electrons. The van der Waals surface area contributed by atoms with Gasteiger partial charge < -0.3 is 4.98 Å². The maximum atomic E-state index is 13.0. The van der Waals surface area contributed by atoms with E-state index in [9.17, 15) is 4.79 Å². The largest absolute Gasteiger partial charge is 0.323 e. The molecule has 0 bridgehead atoms. The number of nitrogens with zero attached hydrogens (tertiary/aromatic N) is 1. The van der Waals surface area contributed by atoms with Crippen molar-refractivity contribution >= 4 is 33.8 Å². The normalized spacial score (nSPS) is 19.4. The Balaban J connectivity index is 1.90. The van der Waals surface area contributed by atoms with Gasteiger partial charge in [0.15, 0.2) is 4.77 Å². The SMILES string of the molecule is CC(C)C1(Cn2c(=S)[nH]c3sc4c(c3c2=O)CCC4)CC1. The highest BCUT2D eigenvalue weighted by molar-refractivity contribution is 7.71. The van der Waals surface area contributed by atoms with Gasteiger partial charge in [0.25, 0.3) is 5.56 Å². The molecule has 2 heterocycles. The number of hydrogen-bond acceptors (Lipinski definition) is 3. The fraction of sp³-hybridized carbons (Fsp3) is 0.625. The summed E-state index contributed by atoms with van der Waals surface area (Å²) >= 11 is 7.20. The molecule has 0 aliphatic heterocycles. The molecule has 0 spiro atoms. The van der Waals surface area contributed by atoms with E-state index in [1.807, 2.05) is 4.57 Å². The molecule has 3 nitrogen and oxygen atoms in total. The Kier molecular flexibility index (Phi) is 2.95. The summed E-state index contributed by atoms with van der Waals surface area (Å²) in [6, 6.07) is 0. The summed E-state index contributed by atoms with van der Waals surface area (Å²) in [5.41, 5.74) is 1.72. The Morgan fingerprint density at radius 2 is 2.14 bits per heavy atom. The van der Waals surface area contributed by atoms with Gasteiger partial charge in [0, 0.05) is 11.4 Å². The molecule has 1 saturated carbocycles. The van der Waals surface area contributed by atoms with Gasteiger partial charge in [0.05, 0.1) is 5.39 Å². The molecule has 2 aliphatic rings. The molecular formula is C16H20N2OS2. The van der Waals surface area contributed by atoms with Crippen LogP contribution in [0.25, 0.3) is 10.2 Å². The molecule has 0 unspecified atom stereocenters. The predicted octanol–water partition coefficient (Wildman–Crippen LogP) is 4.05. The average Bonchev–Trinajstić information content (AvgIpc) is 2.95. The molecule has 21 heavy (non-hydrogen) atoms. The average molecular weight is 320 g/mol. The second-order valence-corrected chi connectivity index (χ2v) is 8.39. The number of aromatic nitrogens is 2. The summed E-state index contributed by atoms with van der Waals surface area (Å²) in [5, 5.41) is 0.917. The van der Waals surface area contributed by atoms with Gasteiger partial charge in [-0.25, -0.2) is 0 Å². The van der Waals surface area contributed by atoms with E-state index in [2.05, 4.69) is 18.8 Å². The van der Waals surface area contributed by atoms with Gasteiger partial charge in [-0.15, -0.1) is 11.3 Å². The molecule has 2 aromatic heterocycles. The van der Waals surface area contributed by atoms with Crippen LogP contribution < -0.4 is 5.56 Å². The lowest BCUT2D eigenvalue weighted by Gasteiger charge is -2.20. The van der Waals surface area contributed by atoms with Crippen LogP contribution >= 0.6 is 23.6 Å². The number of hydrogen-bond donors (Lipinski definition) is 1.